The molecule has 104 valence electrons. The highest BCUT2D eigenvalue weighted by Gasteiger charge is 2.42. The number of Topliss-reactive ketones (excluding diaryl/α,β-unsaturated/α-hetero) is 1. The molecule has 0 aliphatic heterocycles. The van der Waals surface area contributed by atoms with E-state index in [1.165, 1.54) is 0 Å². The van der Waals surface area contributed by atoms with Gasteiger partial charge in [-0.25, -0.2) is 10.8 Å². The molecule has 0 aliphatic rings. The second kappa shape index (κ2) is 5.21. The van der Waals surface area contributed by atoms with Crippen LogP contribution in [0.3, 0.4) is 0 Å². The van der Waals surface area contributed by atoms with Gasteiger partial charge in [-0.2, -0.15) is 13.2 Å². The number of halogens is 3. The molecular weight excluding hydrogens is 275 g/mol. The smallest absolute Gasteiger partial charge is 0.305 e. The van der Waals surface area contributed by atoms with Crippen LogP contribution < -0.4 is 11.3 Å². The van der Waals surface area contributed by atoms with Crippen molar-refractivity contribution in [3.63, 3.8) is 0 Å². The van der Waals surface area contributed by atoms with E-state index in [4.69, 9.17) is 5.84 Å². The van der Waals surface area contributed by atoms with Gasteiger partial charge >= 0.3 is 12.0 Å². The number of aromatic nitrogens is 3. The Morgan fingerprint density at radius 2 is 1.80 bits per heavy atom. The Morgan fingerprint density at radius 3 is 2.35 bits per heavy atom. The predicted molar refractivity (Wildman–Crippen MR) is 63.5 cm³/mol. The Labute approximate surface area is 110 Å². The van der Waals surface area contributed by atoms with Crippen molar-refractivity contribution >= 4 is 11.6 Å². The van der Waals surface area contributed by atoms with Crippen molar-refractivity contribution in [2.45, 2.75) is 6.18 Å². The lowest BCUT2D eigenvalue weighted by molar-refractivity contribution is -0.0892. The highest BCUT2D eigenvalue weighted by atomic mass is 19.4. The quantitative estimate of drug-likeness (QED) is 0.504. The van der Waals surface area contributed by atoms with Crippen LogP contribution in [-0.4, -0.2) is 27.1 Å². The van der Waals surface area contributed by atoms with Crippen LogP contribution in [0.4, 0.5) is 19.0 Å². The van der Waals surface area contributed by atoms with Crippen LogP contribution in [0.1, 0.15) is 10.6 Å². The lowest BCUT2D eigenvalue weighted by Gasteiger charge is -2.08. The number of alkyl halides is 3. The van der Waals surface area contributed by atoms with E-state index in [9.17, 15) is 18.0 Å². The summed E-state index contributed by atoms with van der Waals surface area (Å²) in [5, 5.41) is 6.57. The third-order valence-corrected chi connectivity index (χ3v) is 2.33. The number of hydrogen-bond donors (Lipinski definition) is 2. The van der Waals surface area contributed by atoms with Gasteiger partial charge in [-0.05, 0) is 0 Å². The number of anilines is 1. The van der Waals surface area contributed by atoms with Gasteiger partial charge in [0.2, 0.25) is 5.82 Å². The van der Waals surface area contributed by atoms with Gasteiger partial charge in [0.1, 0.15) is 5.69 Å². The fraction of sp³-hybridized carbons (Fsp3) is 0.0909. The first-order valence-corrected chi connectivity index (χ1v) is 5.31. The summed E-state index contributed by atoms with van der Waals surface area (Å²) in [6, 6.07) is 8.21. The summed E-state index contributed by atoms with van der Waals surface area (Å²) in [7, 11) is 0. The van der Waals surface area contributed by atoms with E-state index >= 15 is 0 Å². The zero-order valence-corrected chi connectivity index (χ0v) is 9.85. The summed E-state index contributed by atoms with van der Waals surface area (Å²) in [5.74, 6) is 1.97. The van der Waals surface area contributed by atoms with E-state index in [0.29, 0.717) is 5.56 Å². The SMILES string of the molecule is NNc1nnc(C(=O)C(F)(F)F)nc1-c1ccccc1. The van der Waals surface area contributed by atoms with Gasteiger partial charge in [0.15, 0.2) is 5.82 Å². The molecule has 0 aliphatic carbocycles. The van der Waals surface area contributed by atoms with Crippen molar-refractivity contribution in [2.24, 2.45) is 5.84 Å². The van der Waals surface area contributed by atoms with E-state index in [0.717, 1.165) is 0 Å². The van der Waals surface area contributed by atoms with Crippen molar-refractivity contribution in [2.75, 3.05) is 5.43 Å². The molecule has 1 aromatic heterocycles. The Balaban J connectivity index is 2.53. The van der Waals surface area contributed by atoms with E-state index in [2.05, 4.69) is 20.6 Å². The summed E-state index contributed by atoms with van der Waals surface area (Å²) in [4.78, 5) is 14.7. The summed E-state index contributed by atoms with van der Waals surface area (Å²) in [6.07, 6.45) is -5.06. The molecule has 0 saturated carbocycles. The van der Waals surface area contributed by atoms with Crippen molar-refractivity contribution in [3.05, 3.63) is 36.2 Å². The number of carbonyl (C=O) groups excluding carboxylic acids is 1. The Morgan fingerprint density at radius 1 is 1.15 bits per heavy atom. The van der Waals surface area contributed by atoms with Crippen LogP contribution in [0.15, 0.2) is 30.3 Å². The molecule has 9 heteroatoms. The average Bonchev–Trinajstić information content (AvgIpc) is 2.45. The Hall–Kier alpha value is -2.55. The molecule has 0 atom stereocenters. The van der Waals surface area contributed by atoms with Crippen LogP contribution in [-0.2, 0) is 0 Å². The van der Waals surface area contributed by atoms with Crippen LogP contribution in [0.25, 0.3) is 11.3 Å². The highest BCUT2D eigenvalue weighted by Crippen LogP contribution is 2.25. The standard InChI is InChI=1S/C11H8F3N5O/c12-11(13,14)8(20)10-16-7(9(17-15)18-19-10)6-4-2-1-3-5-6/h1-5H,15H2,(H,17,18). The Bertz CT molecular complexity index is 630. The van der Waals surface area contributed by atoms with Gasteiger partial charge in [-0.15, -0.1) is 10.2 Å². The lowest BCUT2D eigenvalue weighted by Crippen LogP contribution is -2.26. The zero-order valence-electron chi connectivity index (χ0n) is 9.85. The maximum absolute atomic E-state index is 12.4. The number of nitrogens with zero attached hydrogens (tertiary/aromatic N) is 3. The molecular formula is C11H8F3N5O. The molecule has 1 aromatic carbocycles. The van der Waals surface area contributed by atoms with Gasteiger partial charge in [-0.1, -0.05) is 30.3 Å². The van der Waals surface area contributed by atoms with Crippen LogP contribution in [0.5, 0.6) is 0 Å². The van der Waals surface area contributed by atoms with Crippen molar-refractivity contribution in [3.8, 4) is 11.3 Å². The van der Waals surface area contributed by atoms with Gasteiger partial charge < -0.3 is 5.43 Å². The van der Waals surface area contributed by atoms with E-state index in [-0.39, 0.29) is 11.5 Å². The fourth-order valence-corrected chi connectivity index (χ4v) is 1.44. The van der Waals surface area contributed by atoms with Crippen molar-refractivity contribution < 1.29 is 18.0 Å². The number of nitrogens with two attached hydrogens (primary N) is 1. The summed E-state index contributed by atoms with van der Waals surface area (Å²) >= 11 is 0. The van der Waals surface area contributed by atoms with Gasteiger partial charge in [0.25, 0.3) is 0 Å². The molecule has 0 saturated heterocycles. The summed E-state index contributed by atoms with van der Waals surface area (Å²) < 4.78 is 37.1. The van der Waals surface area contributed by atoms with Crippen molar-refractivity contribution in [1.82, 2.24) is 15.2 Å². The molecule has 0 amide bonds. The lowest BCUT2D eigenvalue weighted by atomic mass is 10.1. The first kappa shape index (κ1) is 13.9. The highest BCUT2D eigenvalue weighted by molar-refractivity contribution is 5.97. The third-order valence-electron chi connectivity index (χ3n) is 2.33. The molecule has 3 N–H and O–H groups in total. The second-order valence-electron chi connectivity index (χ2n) is 3.67. The summed E-state index contributed by atoms with van der Waals surface area (Å²) in [5.41, 5.74) is 2.63. The maximum atomic E-state index is 12.4. The van der Waals surface area contributed by atoms with E-state index in [1.807, 2.05) is 0 Å². The van der Waals surface area contributed by atoms with Gasteiger partial charge in [-0.3, -0.25) is 4.79 Å². The molecule has 6 nitrogen and oxygen atoms in total. The van der Waals surface area contributed by atoms with E-state index in [1.54, 1.807) is 30.3 Å². The fourth-order valence-electron chi connectivity index (χ4n) is 1.44. The number of ketones is 1. The van der Waals surface area contributed by atoms with Crippen molar-refractivity contribution in [1.29, 1.82) is 0 Å². The van der Waals surface area contributed by atoms with Gasteiger partial charge in [0, 0.05) is 5.56 Å². The predicted octanol–water partition coefficient (Wildman–Crippen LogP) is 1.57. The zero-order chi connectivity index (χ0) is 14.8. The first-order chi connectivity index (χ1) is 9.43. The van der Waals surface area contributed by atoms with Crippen LogP contribution >= 0.6 is 0 Å². The minimum Gasteiger partial charge on any atom is -0.305 e. The third kappa shape index (κ3) is 2.72. The number of rotatable bonds is 3. The second-order valence-corrected chi connectivity index (χ2v) is 3.67. The number of nitrogen functional groups attached to an aromatic ring is 1. The van der Waals surface area contributed by atoms with Crippen LogP contribution in [0, 0.1) is 0 Å². The maximum Gasteiger partial charge on any atom is 0.458 e. The molecule has 2 rings (SSSR count). The average molecular weight is 283 g/mol. The molecule has 0 bridgehead atoms. The minimum absolute atomic E-state index is 0.00991. The molecule has 0 fully saturated rings. The molecule has 2 aromatic rings. The number of nitrogens with one attached hydrogen (secondary N) is 1. The van der Waals surface area contributed by atoms with E-state index < -0.39 is 17.8 Å². The normalized spacial score (nSPS) is 11.2. The summed E-state index contributed by atoms with van der Waals surface area (Å²) in [6.45, 7) is 0. The number of hydrazine groups is 1. The topological polar surface area (TPSA) is 93.8 Å². The van der Waals surface area contributed by atoms with Gasteiger partial charge in [0.05, 0.1) is 0 Å². The molecule has 0 radical (unpaired) electrons. The Kier molecular flexibility index (Phi) is 3.61. The minimum atomic E-state index is -5.06. The number of hydrogen-bond acceptors (Lipinski definition) is 6. The molecule has 0 spiro atoms. The largest absolute Gasteiger partial charge is 0.458 e. The molecule has 20 heavy (non-hydrogen) atoms. The molecule has 1 heterocycles. The van der Waals surface area contributed by atoms with Crippen LogP contribution in [0.2, 0.25) is 0 Å². The number of benzene rings is 1. The first-order valence-electron chi connectivity index (χ1n) is 5.31. The molecule has 0 unspecified atom stereocenters. The number of carbonyl (C=O) groups is 1. The monoisotopic (exact) mass is 283 g/mol.